The number of nitrogens with zero attached hydrogens (tertiary/aromatic N) is 3. The van der Waals surface area contributed by atoms with E-state index >= 15 is 0 Å². The van der Waals surface area contributed by atoms with Gasteiger partial charge in [-0.05, 0) is 19.1 Å². The first-order valence-electron chi connectivity index (χ1n) is 5.88. The van der Waals surface area contributed by atoms with Crippen molar-refractivity contribution < 1.29 is 4.79 Å². The second-order valence-corrected chi connectivity index (χ2v) is 4.26. The monoisotopic (exact) mass is 252 g/mol. The summed E-state index contributed by atoms with van der Waals surface area (Å²) in [7, 11) is 0. The van der Waals surface area contributed by atoms with Crippen LogP contribution in [0, 0.1) is 6.92 Å². The van der Waals surface area contributed by atoms with E-state index in [9.17, 15) is 4.79 Å². The van der Waals surface area contributed by atoms with Crippen molar-refractivity contribution in [2.24, 2.45) is 5.73 Å². The van der Waals surface area contributed by atoms with Gasteiger partial charge in [0.15, 0.2) is 5.65 Å². The van der Waals surface area contributed by atoms with E-state index in [1.807, 2.05) is 37.3 Å². The van der Waals surface area contributed by atoms with Gasteiger partial charge < -0.3 is 5.73 Å². The third-order valence-corrected chi connectivity index (χ3v) is 2.95. The minimum Gasteiger partial charge on any atom is -0.364 e. The van der Waals surface area contributed by atoms with Crippen molar-refractivity contribution in [3.8, 4) is 11.3 Å². The molecule has 0 unspecified atom stereocenters. The number of aromatic nitrogens is 3. The number of primary amides is 1. The van der Waals surface area contributed by atoms with Gasteiger partial charge in [-0.15, -0.1) is 0 Å². The zero-order chi connectivity index (χ0) is 13.4. The number of hydrogen-bond acceptors (Lipinski definition) is 3. The van der Waals surface area contributed by atoms with Crippen LogP contribution in [0.2, 0.25) is 0 Å². The van der Waals surface area contributed by atoms with E-state index in [1.54, 1.807) is 16.6 Å². The molecule has 5 heteroatoms. The number of fused-ring (bicyclic) bond motifs is 1. The fourth-order valence-electron chi connectivity index (χ4n) is 2.10. The molecule has 5 nitrogen and oxygen atoms in total. The molecular weight excluding hydrogens is 240 g/mol. The summed E-state index contributed by atoms with van der Waals surface area (Å²) in [5.41, 5.74) is 8.92. The minimum atomic E-state index is -0.549. The molecule has 0 bridgehead atoms. The molecule has 0 aliphatic rings. The summed E-state index contributed by atoms with van der Waals surface area (Å²) in [5, 5.41) is 4.25. The number of imidazole rings is 1. The van der Waals surface area contributed by atoms with Crippen LogP contribution in [0.3, 0.4) is 0 Å². The van der Waals surface area contributed by atoms with Gasteiger partial charge in [0.05, 0.1) is 11.4 Å². The second-order valence-electron chi connectivity index (χ2n) is 4.26. The Balaban J connectivity index is 2.31. The maximum Gasteiger partial charge on any atom is 0.269 e. The summed E-state index contributed by atoms with van der Waals surface area (Å²) >= 11 is 0. The normalized spacial score (nSPS) is 10.8. The predicted molar refractivity (Wildman–Crippen MR) is 71.7 cm³/mol. The van der Waals surface area contributed by atoms with Gasteiger partial charge in [-0.25, -0.2) is 9.50 Å². The van der Waals surface area contributed by atoms with Crippen molar-refractivity contribution in [3.05, 3.63) is 53.9 Å². The first kappa shape index (κ1) is 11.4. The molecule has 0 saturated heterocycles. The molecular formula is C14H12N4O. The quantitative estimate of drug-likeness (QED) is 0.755. The Hall–Kier alpha value is -2.69. The van der Waals surface area contributed by atoms with Gasteiger partial charge >= 0.3 is 0 Å². The number of aryl methyl sites for hydroxylation is 1. The maximum atomic E-state index is 11.2. The molecule has 2 N–H and O–H groups in total. The third-order valence-electron chi connectivity index (χ3n) is 2.95. The van der Waals surface area contributed by atoms with E-state index in [1.165, 1.54) is 0 Å². The molecule has 0 saturated carbocycles. The summed E-state index contributed by atoms with van der Waals surface area (Å²) in [6.07, 6.45) is 0. The van der Waals surface area contributed by atoms with Crippen LogP contribution < -0.4 is 5.73 Å². The number of hydrogen-bond donors (Lipinski definition) is 1. The standard InChI is InChI=1S/C14H12N4O/c1-9-13(10-5-3-2-4-6-10)18-12(16-9)8-7-11(17-18)14(15)19/h2-8H,1H3,(H2,15,19). The molecule has 0 spiro atoms. The van der Waals surface area contributed by atoms with E-state index in [4.69, 9.17) is 5.73 Å². The SMILES string of the molecule is Cc1nc2ccc(C(N)=O)nn2c1-c1ccccc1. The van der Waals surface area contributed by atoms with Crippen LogP contribution in [0.4, 0.5) is 0 Å². The van der Waals surface area contributed by atoms with Gasteiger partial charge in [0.1, 0.15) is 5.69 Å². The van der Waals surface area contributed by atoms with Gasteiger partial charge in [0.25, 0.3) is 5.91 Å². The van der Waals surface area contributed by atoms with Crippen LogP contribution in [0.15, 0.2) is 42.5 Å². The molecule has 1 amide bonds. The highest BCUT2D eigenvalue weighted by molar-refractivity contribution is 5.90. The molecule has 0 aliphatic carbocycles. The summed E-state index contributed by atoms with van der Waals surface area (Å²) in [6.45, 7) is 1.92. The van der Waals surface area contributed by atoms with Crippen molar-refractivity contribution in [1.29, 1.82) is 0 Å². The topological polar surface area (TPSA) is 73.3 Å². The third kappa shape index (κ3) is 1.85. The molecule has 0 fully saturated rings. The summed E-state index contributed by atoms with van der Waals surface area (Å²) in [6, 6.07) is 13.1. The Morgan fingerprint density at radius 3 is 2.58 bits per heavy atom. The van der Waals surface area contributed by atoms with Crippen molar-refractivity contribution in [2.75, 3.05) is 0 Å². The molecule has 3 aromatic rings. The van der Waals surface area contributed by atoms with Gasteiger partial charge in [0.2, 0.25) is 0 Å². The van der Waals surface area contributed by atoms with Crippen LogP contribution in [0.5, 0.6) is 0 Å². The molecule has 94 valence electrons. The smallest absolute Gasteiger partial charge is 0.269 e. The minimum absolute atomic E-state index is 0.224. The molecule has 3 rings (SSSR count). The number of amides is 1. The molecule has 0 atom stereocenters. The Morgan fingerprint density at radius 1 is 1.16 bits per heavy atom. The zero-order valence-corrected chi connectivity index (χ0v) is 10.4. The lowest BCUT2D eigenvalue weighted by atomic mass is 10.1. The average molecular weight is 252 g/mol. The lowest BCUT2D eigenvalue weighted by Gasteiger charge is -2.03. The molecule has 0 aliphatic heterocycles. The Kier molecular flexibility index (Phi) is 2.52. The van der Waals surface area contributed by atoms with Crippen LogP contribution in [0.1, 0.15) is 16.2 Å². The van der Waals surface area contributed by atoms with Crippen molar-refractivity contribution in [2.45, 2.75) is 6.92 Å². The molecule has 2 aromatic heterocycles. The average Bonchev–Trinajstić information content (AvgIpc) is 2.74. The first-order valence-corrected chi connectivity index (χ1v) is 5.88. The fraction of sp³-hybridized carbons (Fsp3) is 0.0714. The second kappa shape index (κ2) is 4.20. The Morgan fingerprint density at radius 2 is 1.89 bits per heavy atom. The van der Waals surface area contributed by atoms with Crippen molar-refractivity contribution >= 4 is 11.6 Å². The lowest BCUT2D eigenvalue weighted by molar-refractivity contribution is 0.0994. The van der Waals surface area contributed by atoms with E-state index in [-0.39, 0.29) is 5.69 Å². The highest BCUT2D eigenvalue weighted by Crippen LogP contribution is 2.23. The summed E-state index contributed by atoms with van der Waals surface area (Å²) < 4.78 is 1.66. The van der Waals surface area contributed by atoms with Gasteiger partial charge in [-0.3, -0.25) is 4.79 Å². The van der Waals surface area contributed by atoms with E-state index in [0.717, 1.165) is 17.0 Å². The Bertz CT molecular complexity index is 762. The lowest BCUT2D eigenvalue weighted by Crippen LogP contribution is -2.14. The highest BCUT2D eigenvalue weighted by Gasteiger charge is 2.13. The van der Waals surface area contributed by atoms with Crippen LogP contribution in [0.25, 0.3) is 16.9 Å². The Labute approximate surface area is 109 Å². The van der Waals surface area contributed by atoms with E-state index < -0.39 is 5.91 Å². The molecule has 19 heavy (non-hydrogen) atoms. The number of carbonyl (C=O) groups is 1. The highest BCUT2D eigenvalue weighted by atomic mass is 16.1. The molecule has 2 heterocycles. The van der Waals surface area contributed by atoms with Crippen molar-refractivity contribution in [1.82, 2.24) is 14.6 Å². The largest absolute Gasteiger partial charge is 0.364 e. The maximum absolute atomic E-state index is 11.2. The molecule has 0 radical (unpaired) electrons. The van der Waals surface area contributed by atoms with E-state index in [2.05, 4.69) is 10.1 Å². The number of carbonyl (C=O) groups excluding carboxylic acids is 1. The van der Waals surface area contributed by atoms with E-state index in [0.29, 0.717) is 5.65 Å². The fourth-order valence-corrected chi connectivity index (χ4v) is 2.10. The number of rotatable bonds is 2. The number of benzene rings is 1. The summed E-state index contributed by atoms with van der Waals surface area (Å²) in [5.74, 6) is -0.549. The van der Waals surface area contributed by atoms with Gasteiger partial charge in [0, 0.05) is 5.56 Å². The van der Waals surface area contributed by atoms with Crippen LogP contribution in [-0.4, -0.2) is 20.5 Å². The van der Waals surface area contributed by atoms with Crippen LogP contribution in [-0.2, 0) is 0 Å². The molecule has 1 aromatic carbocycles. The van der Waals surface area contributed by atoms with Crippen molar-refractivity contribution in [3.63, 3.8) is 0 Å². The summed E-state index contributed by atoms with van der Waals surface area (Å²) in [4.78, 5) is 15.7. The predicted octanol–water partition coefficient (Wildman–Crippen LogP) is 1.80. The zero-order valence-electron chi connectivity index (χ0n) is 10.4. The number of nitrogens with two attached hydrogens (primary N) is 1. The first-order chi connectivity index (χ1) is 9.16. The van der Waals surface area contributed by atoms with Crippen LogP contribution >= 0.6 is 0 Å². The van der Waals surface area contributed by atoms with Gasteiger partial charge in [-0.1, -0.05) is 30.3 Å². The van der Waals surface area contributed by atoms with Gasteiger partial charge in [-0.2, -0.15) is 5.10 Å².